The lowest BCUT2D eigenvalue weighted by molar-refractivity contribution is -0.130. The van der Waals surface area contributed by atoms with Gasteiger partial charge in [-0.1, -0.05) is 47.1 Å². The summed E-state index contributed by atoms with van der Waals surface area (Å²) >= 11 is 3.39. The monoisotopic (exact) mass is 297 g/mol. The highest BCUT2D eigenvalue weighted by atomic mass is 79.9. The summed E-state index contributed by atoms with van der Waals surface area (Å²) in [5.74, 6) is 0.223. The Hall–Kier alpha value is -0.830. The Labute approximate surface area is 112 Å². The molecule has 0 fully saturated rings. The average Bonchev–Trinajstić information content (AvgIpc) is 2.32. The SMILES string of the molecule is CCCN(CCBr)C(=O)Cc1ccccc1C. The van der Waals surface area contributed by atoms with Crippen molar-refractivity contribution < 1.29 is 4.79 Å². The number of benzene rings is 1. The first-order valence-electron chi connectivity index (χ1n) is 6.07. The number of hydrogen-bond donors (Lipinski definition) is 0. The Bertz CT molecular complexity index is 359. The fourth-order valence-corrected chi connectivity index (χ4v) is 2.24. The van der Waals surface area contributed by atoms with Gasteiger partial charge < -0.3 is 4.90 Å². The number of carbonyl (C=O) groups is 1. The number of hydrogen-bond acceptors (Lipinski definition) is 1. The molecule has 0 aliphatic heterocycles. The van der Waals surface area contributed by atoms with E-state index in [9.17, 15) is 4.79 Å². The Balaban J connectivity index is 2.66. The Morgan fingerprint density at radius 3 is 2.59 bits per heavy atom. The van der Waals surface area contributed by atoms with Gasteiger partial charge in [-0.05, 0) is 24.5 Å². The van der Waals surface area contributed by atoms with Crippen LogP contribution in [-0.4, -0.2) is 29.2 Å². The maximum Gasteiger partial charge on any atom is 0.227 e. The van der Waals surface area contributed by atoms with E-state index in [1.807, 2.05) is 23.1 Å². The maximum atomic E-state index is 12.1. The van der Waals surface area contributed by atoms with Crippen molar-refractivity contribution >= 4 is 21.8 Å². The summed E-state index contributed by atoms with van der Waals surface area (Å²) < 4.78 is 0. The molecule has 0 saturated carbocycles. The van der Waals surface area contributed by atoms with Crippen LogP contribution in [-0.2, 0) is 11.2 Å². The van der Waals surface area contributed by atoms with Gasteiger partial charge in [-0.25, -0.2) is 0 Å². The number of halogens is 1. The molecule has 1 aromatic carbocycles. The van der Waals surface area contributed by atoms with E-state index in [2.05, 4.69) is 35.8 Å². The molecule has 0 heterocycles. The van der Waals surface area contributed by atoms with Gasteiger partial charge in [0.15, 0.2) is 0 Å². The van der Waals surface area contributed by atoms with Crippen LogP contribution in [0.1, 0.15) is 24.5 Å². The smallest absolute Gasteiger partial charge is 0.227 e. The molecule has 3 heteroatoms. The zero-order chi connectivity index (χ0) is 12.7. The minimum atomic E-state index is 0.223. The first kappa shape index (κ1) is 14.2. The van der Waals surface area contributed by atoms with E-state index >= 15 is 0 Å². The molecular weight excluding hydrogens is 278 g/mol. The minimum absolute atomic E-state index is 0.223. The van der Waals surface area contributed by atoms with Crippen molar-refractivity contribution in [1.29, 1.82) is 0 Å². The lowest BCUT2D eigenvalue weighted by atomic mass is 10.1. The van der Waals surface area contributed by atoms with Crippen LogP contribution in [0.4, 0.5) is 0 Å². The summed E-state index contributed by atoms with van der Waals surface area (Å²) in [6.07, 6.45) is 1.52. The second kappa shape index (κ2) is 7.49. The molecule has 2 nitrogen and oxygen atoms in total. The van der Waals surface area contributed by atoms with Crippen molar-refractivity contribution in [2.75, 3.05) is 18.4 Å². The van der Waals surface area contributed by atoms with Gasteiger partial charge in [0.2, 0.25) is 5.91 Å². The van der Waals surface area contributed by atoms with Crippen LogP contribution in [0.3, 0.4) is 0 Å². The van der Waals surface area contributed by atoms with Gasteiger partial charge in [-0.3, -0.25) is 4.79 Å². The molecule has 1 rings (SSSR count). The highest BCUT2D eigenvalue weighted by Gasteiger charge is 2.13. The normalized spacial score (nSPS) is 10.3. The van der Waals surface area contributed by atoms with E-state index < -0.39 is 0 Å². The predicted molar refractivity (Wildman–Crippen MR) is 75.5 cm³/mol. The molecule has 0 aliphatic carbocycles. The quantitative estimate of drug-likeness (QED) is 0.739. The standard InChI is InChI=1S/C14H20BrNO/c1-3-9-16(10-8-15)14(17)11-13-7-5-4-6-12(13)2/h4-7H,3,8-11H2,1-2H3. The van der Waals surface area contributed by atoms with Crippen molar-refractivity contribution in [1.82, 2.24) is 4.90 Å². The molecule has 0 radical (unpaired) electrons. The number of rotatable bonds is 6. The summed E-state index contributed by atoms with van der Waals surface area (Å²) in [5, 5.41) is 0.840. The van der Waals surface area contributed by atoms with Gasteiger partial charge in [0, 0.05) is 18.4 Å². The Kier molecular flexibility index (Phi) is 6.27. The van der Waals surface area contributed by atoms with Gasteiger partial charge in [0.1, 0.15) is 0 Å². The summed E-state index contributed by atoms with van der Waals surface area (Å²) in [5.41, 5.74) is 2.32. The van der Waals surface area contributed by atoms with Crippen LogP contribution in [0.15, 0.2) is 24.3 Å². The lowest BCUT2D eigenvalue weighted by Crippen LogP contribution is -2.34. The van der Waals surface area contributed by atoms with E-state index in [4.69, 9.17) is 0 Å². The minimum Gasteiger partial charge on any atom is -0.342 e. The molecular formula is C14H20BrNO. The summed E-state index contributed by atoms with van der Waals surface area (Å²) in [7, 11) is 0. The van der Waals surface area contributed by atoms with Gasteiger partial charge in [-0.2, -0.15) is 0 Å². The number of amides is 1. The van der Waals surface area contributed by atoms with Gasteiger partial charge in [-0.15, -0.1) is 0 Å². The molecule has 0 spiro atoms. The fraction of sp³-hybridized carbons (Fsp3) is 0.500. The van der Waals surface area contributed by atoms with Crippen molar-refractivity contribution in [3.63, 3.8) is 0 Å². The van der Waals surface area contributed by atoms with Crippen LogP contribution in [0.5, 0.6) is 0 Å². The van der Waals surface area contributed by atoms with Crippen molar-refractivity contribution in [2.24, 2.45) is 0 Å². The molecule has 1 amide bonds. The molecule has 1 aromatic rings. The fourth-order valence-electron chi connectivity index (χ4n) is 1.82. The molecule has 94 valence electrons. The third-order valence-corrected chi connectivity index (χ3v) is 3.16. The molecule has 0 aliphatic rings. The maximum absolute atomic E-state index is 12.1. The third-order valence-electron chi connectivity index (χ3n) is 2.80. The second-order valence-electron chi connectivity index (χ2n) is 4.17. The van der Waals surface area contributed by atoms with Gasteiger partial charge in [0.05, 0.1) is 6.42 Å². The van der Waals surface area contributed by atoms with E-state index in [0.29, 0.717) is 6.42 Å². The van der Waals surface area contributed by atoms with Crippen LogP contribution in [0, 0.1) is 6.92 Å². The van der Waals surface area contributed by atoms with Gasteiger partial charge >= 0.3 is 0 Å². The van der Waals surface area contributed by atoms with Crippen molar-refractivity contribution in [2.45, 2.75) is 26.7 Å². The molecule has 0 bridgehead atoms. The highest BCUT2D eigenvalue weighted by molar-refractivity contribution is 9.09. The average molecular weight is 298 g/mol. The first-order valence-corrected chi connectivity index (χ1v) is 7.19. The molecule has 0 aromatic heterocycles. The predicted octanol–water partition coefficient (Wildman–Crippen LogP) is 3.17. The molecule has 0 unspecified atom stereocenters. The Morgan fingerprint density at radius 1 is 1.29 bits per heavy atom. The zero-order valence-electron chi connectivity index (χ0n) is 10.6. The van der Waals surface area contributed by atoms with Crippen LogP contribution < -0.4 is 0 Å². The van der Waals surface area contributed by atoms with E-state index in [1.165, 1.54) is 5.56 Å². The summed E-state index contributed by atoms with van der Waals surface area (Å²) in [4.78, 5) is 14.1. The van der Waals surface area contributed by atoms with E-state index in [1.54, 1.807) is 0 Å². The summed E-state index contributed by atoms with van der Waals surface area (Å²) in [6.45, 7) is 5.79. The number of alkyl halides is 1. The van der Waals surface area contributed by atoms with Crippen molar-refractivity contribution in [3.8, 4) is 0 Å². The first-order chi connectivity index (χ1) is 8.19. The van der Waals surface area contributed by atoms with E-state index in [0.717, 1.165) is 30.4 Å². The van der Waals surface area contributed by atoms with Gasteiger partial charge in [0.25, 0.3) is 0 Å². The van der Waals surface area contributed by atoms with Crippen molar-refractivity contribution in [3.05, 3.63) is 35.4 Å². The number of nitrogens with zero attached hydrogens (tertiary/aromatic N) is 1. The number of aryl methyl sites for hydroxylation is 1. The molecule has 0 N–H and O–H groups in total. The van der Waals surface area contributed by atoms with Crippen LogP contribution >= 0.6 is 15.9 Å². The largest absolute Gasteiger partial charge is 0.342 e. The second-order valence-corrected chi connectivity index (χ2v) is 4.97. The zero-order valence-corrected chi connectivity index (χ0v) is 12.2. The topological polar surface area (TPSA) is 20.3 Å². The summed E-state index contributed by atoms with van der Waals surface area (Å²) in [6, 6.07) is 8.08. The highest BCUT2D eigenvalue weighted by Crippen LogP contribution is 2.09. The van der Waals surface area contributed by atoms with Crippen LogP contribution in [0.25, 0.3) is 0 Å². The number of carbonyl (C=O) groups excluding carboxylic acids is 1. The van der Waals surface area contributed by atoms with Crippen LogP contribution in [0.2, 0.25) is 0 Å². The van der Waals surface area contributed by atoms with E-state index in [-0.39, 0.29) is 5.91 Å². The lowest BCUT2D eigenvalue weighted by Gasteiger charge is -2.21. The molecule has 0 atom stereocenters. The third kappa shape index (κ3) is 4.50. The molecule has 0 saturated heterocycles. The Morgan fingerprint density at radius 2 is 2.00 bits per heavy atom. The molecule has 17 heavy (non-hydrogen) atoms.